The molecule has 0 aliphatic carbocycles. The van der Waals surface area contributed by atoms with Gasteiger partial charge in [0.1, 0.15) is 12.2 Å². The molecule has 0 bridgehead atoms. The van der Waals surface area contributed by atoms with E-state index in [1.807, 2.05) is 0 Å². The Kier molecular flexibility index (Phi) is 8.57. The molecule has 0 rings (SSSR count). The molecule has 4 nitrogen and oxygen atoms in total. The number of hydrogen-bond donors (Lipinski definition) is 3. The van der Waals surface area contributed by atoms with E-state index < -0.39 is 18.2 Å². The fraction of sp³-hybridized carbons (Fsp3) is 0.833. The standard InChI is InChI=1S/C6H13FN2O2.ClH/c7-4(3-8)1-2-5(9)6(10)11;/h4-5H,1-3,8-9H2,(H,10,11);1H/t4?,5-;/m0./s1. The number of aliphatic carboxylic acids is 1. The first-order valence-electron chi connectivity index (χ1n) is 3.40. The van der Waals surface area contributed by atoms with Crippen LogP contribution >= 0.6 is 12.4 Å². The first-order valence-corrected chi connectivity index (χ1v) is 3.40. The molecule has 0 radical (unpaired) electrons. The molecule has 0 heterocycles. The molecule has 0 aliphatic rings. The van der Waals surface area contributed by atoms with Crippen molar-refractivity contribution in [3.05, 3.63) is 0 Å². The van der Waals surface area contributed by atoms with E-state index >= 15 is 0 Å². The van der Waals surface area contributed by atoms with E-state index in [4.69, 9.17) is 16.6 Å². The number of rotatable bonds is 5. The van der Waals surface area contributed by atoms with Crippen LogP contribution in [-0.4, -0.2) is 29.8 Å². The molecule has 0 aromatic rings. The fourth-order valence-electron chi connectivity index (χ4n) is 0.602. The van der Waals surface area contributed by atoms with Gasteiger partial charge in [-0.2, -0.15) is 0 Å². The van der Waals surface area contributed by atoms with E-state index in [9.17, 15) is 9.18 Å². The van der Waals surface area contributed by atoms with Gasteiger partial charge in [0.25, 0.3) is 0 Å². The summed E-state index contributed by atoms with van der Waals surface area (Å²) in [7, 11) is 0. The predicted octanol–water partition coefficient (Wildman–Crippen LogP) is -0.103. The molecule has 0 amide bonds. The molecular weight excluding hydrogens is 187 g/mol. The maximum absolute atomic E-state index is 12.4. The van der Waals surface area contributed by atoms with Crippen LogP contribution in [0.5, 0.6) is 0 Å². The Bertz CT molecular complexity index is 137. The number of alkyl halides is 1. The summed E-state index contributed by atoms with van der Waals surface area (Å²) < 4.78 is 12.4. The summed E-state index contributed by atoms with van der Waals surface area (Å²) in [4.78, 5) is 10.1. The first-order chi connectivity index (χ1) is 5.07. The Hall–Kier alpha value is -0.390. The Morgan fingerprint density at radius 2 is 2.00 bits per heavy atom. The molecule has 0 saturated heterocycles. The highest BCUT2D eigenvalue weighted by atomic mass is 35.5. The van der Waals surface area contributed by atoms with Crippen LogP contribution in [-0.2, 0) is 4.79 Å². The molecule has 0 aromatic heterocycles. The second kappa shape index (κ2) is 7.27. The van der Waals surface area contributed by atoms with Crippen LogP contribution in [0.3, 0.4) is 0 Å². The summed E-state index contributed by atoms with van der Waals surface area (Å²) in [5, 5.41) is 8.29. The zero-order chi connectivity index (χ0) is 8.85. The van der Waals surface area contributed by atoms with E-state index in [2.05, 4.69) is 0 Å². The fourth-order valence-corrected chi connectivity index (χ4v) is 0.602. The summed E-state index contributed by atoms with van der Waals surface area (Å²) in [6.45, 7) is -0.0770. The SMILES string of the molecule is Cl.NCC(F)CC[C@H](N)C(=O)O. The number of carboxylic acids is 1. The zero-order valence-electron chi connectivity index (χ0n) is 6.57. The average Bonchev–Trinajstić information content (AvgIpc) is 1.99. The van der Waals surface area contributed by atoms with Gasteiger partial charge in [-0.05, 0) is 12.8 Å². The molecule has 5 N–H and O–H groups in total. The van der Waals surface area contributed by atoms with Crippen molar-refractivity contribution in [2.75, 3.05) is 6.54 Å². The quantitative estimate of drug-likeness (QED) is 0.578. The van der Waals surface area contributed by atoms with Crippen LogP contribution in [0.2, 0.25) is 0 Å². The van der Waals surface area contributed by atoms with Crippen molar-refractivity contribution in [3.63, 3.8) is 0 Å². The van der Waals surface area contributed by atoms with Gasteiger partial charge in [0, 0.05) is 6.54 Å². The number of carboxylic acid groups (broad SMARTS) is 1. The summed E-state index contributed by atoms with van der Waals surface area (Å²) in [5.41, 5.74) is 10.1. The predicted molar refractivity (Wildman–Crippen MR) is 46.0 cm³/mol. The summed E-state index contributed by atoms with van der Waals surface area (Å²) in [5.74, 6) is -1.10. The van der Waals surface area contributed by atoms with E-state index in [0.29, 0.717) is 0 Å². The van der Waals surface area contributed by atoms with Crippen molar-refractivity contribution in [1.82, 2.24) is 0 Å². The second-order valence-electron chi connectivity index (χ2n) is 2.36. The number of halogens is 2. The molecule has 6 heteroatoms. The third kappa shape index (κ3) is 6.33. The molecule has 0 aromatic carbocycles. The van der Waals surface area contributed by atoms with Gasteiger partial charge >= 0.3 is 5.97 Å². The van der Waals surface area contributed by atoms with E-state index in [-0.39, 0.29) is 31.8 Å². The van der Waals surface area contributed by atoms with Gasteiger partial charge in [0.15, 0.2) is 0 Å². The molecule has 0 spiro atoms. The number of nitrogens with two attached hydrogens (primary N) is 2. The second-order valence-corrected chi connectivity index (χ2v) is 2.36. The van der Waals surface area contributed by atoms with Crippen LogP contribution in [0.1, 0.15) is 12.8 Å². The molecule has 0 saturated carbocycles. The minimum atomic E-state index is -1.14. The summed E-state index contributed by atoms with van der Waals surface area (Å²) in [6, 6.07) is -0.972. The lowest BCUT2D eigenvalue weighted by Crippen LogP contribution is -2.31. The smallest absolute Gasteiger partial charge is 0.320 e. The lowest BCUT2D eigenvalue weighted by molar-refractivity contribution is -0.138. The van der Waals surface area contributed by atoms with Crippen molar-refractivity contribution in [2.45, 2.75) is 25.1 Å². The van der Waals surface area contributed by atoms with Crippen LogP contribution < -0.4 is 11.5 Å². The van der Waals surface area contributed by atoms with Gasteiger partial charge in [0.05, 0.1) is 0 Å². The van der Waals surface area contributed by atoms with Gasteiger partial charge in [-0.15, -0.1) is 12.4 Å². The lowest BCUT2D eigenvalue weighted by atomic mass is 10.1. The van der Waals surface area contributed by atoms with Gasteiger partial charge in [-0.1, -0.05) is 0 Å². The van der Waals surface area contributed by atoms with Crippen molar-refractivity contribution in [1.29, 1.82) is 0 Å². The Morgan fingerprint density at radius 3 is 2.33 bits per heavy atom. The van der Waals surface area contributed by atoms with Crippen LogP contribution in [0, 0.1) is 0 Å². The third-order valence-corrected chi connectivity index (χ3v) is 1.36. The topological polar surface area (TPSA) is 89.3 Å². The van der Waals surface area contributed by atoms with Crippen molar-refractivity contribution >= 4 is 18.4 Å². The first kappa shape index (κ1) is 14.2. The largest absolute Gasteiger partial charge is 0.480 e. The third-order valence-electron chi connectivity index (χ3n) is 1.36. The van der Waals surface area contributed by atoms with E-state index in [1.54, 1.807) is 0 Å². The molecule has 12 heavy (non-hydrogen) atoms. The highest BCUT2D eigenvalue weighted by Crippen LogP contribution is 2.02. The molecular formula is C6H14ClFN2O2. The van der Waals surface area contributed by atoms with Gasteiger partial charge in [-0.25, -0.2) is 4.39 Å². The monoisotopic (exact) mass is 200 g/mol. The van der Waals surface area contributed by atoms with E-state index in [1.165, 1.54) is 0 Å². The van der Waals surface area contributed by atoms with Crippen molar-refractivity contribution in [3.8, 4) is 0 Å². The van der Waals surface area contributed by atoms with Crippen LogP contribution in [0.25, 0.3) is 0 Å². The number of hydrogen-bond acceptors (Lipinski definition) is 3. The highest BCUT2D eigenvalue weighted by molar-refractivity contribution is 5.85. The maximum atomic E-state index is 12.4. The highest BCUT2D eigenvalue weighted by Gasteiger charge is 2.13. The van der Waals surface area contributed by atoms with Gasteiger partial charge in [-0.3, -0.25) is 4.79 Å². The lowest BCUT2D eigenvalue weighted by Gasteiger charge is -2.07. The molecule has 1 unspecified atom stereocenters. The minimum Gasteiger partial charge on any atom is -0.480 e. The molecule has 2 atom stereocenters. The van der Waals surface area contributed by atoms with Crippen molar-refractivity contribution < 1.29 is 14.3 Å². The van der Waals surface area contributed by atoms with Gasteiger partial charge in [0.2, 0.25) is 0 Å². The minimum absolute atomic E-state index is 0. The summed E-state index contributed by atoms with van der Waals surface area (Å²) >= 11 is 0. The Morgan fingerprint density at radius 1 is 1.50 bits per heavy atom. The van der Waals surface area contributed by atoms with Crippen LogP contribution in [0.4, 0.5) is 4.39 Å². The number of carbonyl (C=O) groups is 1. The van der Waals surface area contributed by atoms with Crippen LogP contribution in [0.15, 0.2) is 0 Å². The normalized spacial score (nSPS) is 14.6. The summed E-state index contributed by atoms with van der Waals surface area (Å²) in [6.07, 6.45) is -0.891. The Labute approximate surface area is 76.5 Å². The maximum Gasteiger partial charge on any atom is 0.320 e. The average molecular weight is 201 g/mol. The Balaban J connectivity index is 0. The van der Waals surface area contributed by atoms with Crippen molar-refractivity contribution in [2.24, 2.45) is 11.5 Å². The van der Waals surface area contributed by atoms with Gasteiger partial charge < -0.3 is 16.6 Å². The molecule has 74 valence electrons. The molecule has 0 fully saturated rings. The zero-order valence-corrected chi connectivity index (χ0v) is 7.39. The molecule has 0 aliphatic heterocycles. The van der Waals surface area contributed by atoms with E-state index in [0.717, 1.165) is 0 Å².